The third kappa shape index (κ3) is 2.65. The van der Waals surface area contributed by atoms with Gasteiger partial charge in [0.05, 0.1) is 11.3 Å². The molecule has 0 radical (unpaired) electrons. The lowest BCUT2D eigenvalue weighted by atomic mass is 9.98. The van der Waals surface area contributed by atoms with Crippen molar-refractivity contribution in [3.8, 4) is 0 Å². The van der Waals surface area contributed by atoms with E-state index in [1.165, 1.54) is 0 Å². The van der Waals surface area contributed by atoms with Gasteiger partial charge in [-0.3, -0.25) is 5.43 Å². The van der Waals surface area contributed by atoms with Crippen LogP contribution >= 0.6 is 12.2 Å². The number of hydrogen-bond donors (Lipinski definition) is 2. The molecule has 1 fully saturated rings. The van der Waals surface area contributed by atoms with E-state index in [4.69, 9.17) is 10.5 Å². The zero-order valence-electron chi connectivity index (χ0n) is 9.05. The van der Waals surface area contributed by atoms with Crippen LogP contribution in [0.2, 0.25) is 0 Å². The first-order valence-corrected chi connectivity index (χ1v) is 4.96. The molecule has 0 amide bonds. The summed E-state index contributed by atoms with van der Waals surface area (Å²) in [5, 5.41) is 4.33. The van der Waals surface area contributed by atoms with Crippen LogP contribution in [-0.2, 0) is 4.74 Å². The number of hydrazone groups is 1. The molecule has 5 heteroatoms. The van der Waals surface area contributed by atoms with Crippen molar-refractivity contribution in [1.29, 1.82) is 0 Å². The highest BCUT2D eigenvalue weighted by molar-refractivity contribution is 7.80. The van der Waals surface area contributed by atoms with E-state index in [2.05, 4.69) is 22.7 Å². The number of ether oxygens (including phenoxy) is 1. The van der Waals surface area contributed by atoms with Crippen molar-refractivity contribution in [2.75, 3.05) is 0 Å². The van der Waals surface area contributed by atoms with Gasteiger partial charge >= 0.3 is 0 Å². The smallest absolute Gasteiger partial charge is 0.184 e. The van der Waals surface area contributed by atoms with E-state index in [1.54, 1.807) is 0 Å². The highest BCUT2D eigenvalue weighted by Crippen LogP contribution is 2.34. The summed E-state index contributed by atoms with van der Waals surface area (Å²) < 4.78 is 5.83. The van der Waals surface area contributed by atoms with Gasteiger partial charge in [-0.25, -0.2) is 0 Å². The number of nitrogens with zero attached hydrogens (tertiary/aromatic N) is 1. The molecular formula is C9H17N3OS. The molecule has 0 aliphatic carbocycles. The normalized spacial score (nSPS) is 26.4. The molecule has 1 aliphatic rings. The van der Waals surface area contributed by atoms with Gasteiger partial charge in [0.1, 0.15) is 5.60 Å². The summed E-state index contributed by atoms with van der Waals surface area (Å²) in [6, 6.07) is 0. The average molecular weight is 215 g/mol. The van der Waals surface area contributed by atoms with Crippen LogP contribution in [0.3, 0.4) is 0 Å². The number of nitrogens with one attached hydrogen (secondary N) is 1. The number of thiocarbonyl (C=S) groups is 1. The van der Waals surface area contributed by atoms with Crippen molar-refractivity contribution >= 4 is 23.0 Å². The largest absolute Gasteiger partial charge is 0.375 e. The molecule has 14 heavy (non-hydrogen) atoms. The van der Waals surface area contributed by atoms with Crippen LogP contribution in [0.15, 0.2) is 5.10 Å². The van der Waals surface area contributed by atoms with Crippen LogP contribution in [0.5, 0.6) is 0 Å². The Hall–Kier alpha value is -0.680. The van der Waals surface area contributed by atoms with Gasteiger partial charge in [-0.1, -0.05) is 0 Å². The van der Waals surface area contributed by atoms with Gasteiger partial charge < -0.3 is 10.5 Å². The minimum Gasteiger partial charge on any atom is -0.375 e. The Balaban J connectivity index is 2.80. The number of rotatable bonds is 1. The lowest BCUT2D eigenvalue weighted by Crippen LogP contribution is -2.32. The molecule has 0 atom stereocenters. The van der Waals surface area contributed by atoms with Gasteiger partial charge in [0.25, 0.3) is 0 Å². The molecule has 3 N–H and O–H groups in total. The molecule has 1 rings (SSSR count). The maximum atomic E-state index is 5.83. The van der Waals surface area contributed by atoms with Gasteiger partial charge in [-0.15, -0.1) is 0 Å². The van der Waals surface area contributed by atoms with Crippen LogP contribution < -0.4 is 11.2 Å². The van der Waals surface area contributed by atoms with Gasteiger partial charge in [0, 0.05) is 6.42 Å². The van der Waals surface area contributed by atoms with Gasteiger partial charge in [-0.2, -0.15) is 5.10 Å². The van der Waals surface area contributed by atoms with Crippen molar-refractivity contribution < 1.29 is 4.74 Å². The summed E-state index contributed by atoms with van der Waals surface area (Å²) in [7, 11) is 0. The summed E-state index contributed by atoms with van der Waals surface area (Å²) in [5.74, 6) is 0. The fourth-order valence-electron chi connectivity index (χ4n) is 1.70. The summed E-state index contributed by atoms with van der Waals surface area (Å²) in [6.45, 7) is 8.06. The van der Waals surface area contributed by atoms with E-state index < -0.39 is 0 Å². The fraction of sp³-hybridized carbons (Fsp3) is 0.778. The summed E-state index contributed by atoms with van der Waals surface area (Å²) >= 11 is 4.68. The van der Waals surface area contributed by atoms with Crippen molar-refractivity contribution in [2.45, 2.75) is 45.3 Å². The SMILES string of the molecule is CC1(C)C/C(=N\NC(N)=S)C(C)(C)O1. The number of nitrogens with two attached hydrogens (primary N) is 1. The first-order valence-electron chi connectivity index (χ1n) is 4.56. The van der Waals surface area contributed by atoms with E-state index in [9.17, 15) is 0 Å². The third-order valence-electron chi connectivity index (χ3n) is 2.12. The van der Waals surface area contributed by atoms with E-state index in [0.717, 1.165) is 12.1 Å². The minimum atomic E-state index is -0.346. The van der Waals surface area contributed by atoms with E-state index in [0.29, 0.717) is 0 Å². The molecule has 0 unspecified atom stereocenters. The predicted octanol–water partition coefficient (Wildman–Crippen LogP) is 1.15. The quantitative estimate of drug-likeness (QED) is 0.509. The van der Waals surface area contributed by atoms with Gasteiger partial charge in [0.2, 0.25) is 0 Å². The summed E-state index contributed by atoms with van der Waals surface area (Å²) in [4.78, 5) is 0. The molecule has 1 heterocycles. The van der Waals surface area contributed by atoms with Crippen molar-refractivity contribution in [1.82, 2.24) is 5.43 Å². The molecular weight excluding hydrogens is 198 g/mol. The zero-order valence-corrected chi connectivity index (χ0v) is 9.86. The molecule has 0 spiro atoms. The molecule has 4 nitrogen and oxygen atoms in total. The van der Waals surface area contributed by atoms with E-state index >= 15 is 0 Å². The second-order valence-electron chi connectivity index (χ2n) is 4.58. The molecule has 1 saturated heterocycles. The second-order valence-corrected chi connectivity index (χ2v) is 5.02. The lowest BCUT2D eigenvalue weighted by molar-refractivity contribution is -0.0515. The van der Waals surface area contributed by atoms with Crippen LogP contribution in [0.25, 0.3) is 0 Å². The number of hydrogen-bond acceptors (Lipinski definition) is 3. The summed E-state index contributed by atoms with van der Waals surface area (Å²) in [6.07, 6.45) is 0.787. The van der Waals surface area contributed by atoms with Crippen LogP contribution in [0.1, 0.15) is 34.1 Å². The first-order chi connectivity index (χ1) is 6.23. The monoisotopic (exact) mass is 215 g/mol. The maximum Gasteiger partial charge on any atom is 0.184 e. The van der Waals surface area contributed by atoms with Gasteiger partial charge in [-0.05, 0) is 39.9 Å². The Labute approximate surface area is 89.9 Å². The lowest BCUT2D eigenvalue weighted by Gasteiger charge is -2.23. The van der Waals surface area contributed by atoms with Crippen molar-refractivity contribution in [3.63, 3.8) is 0 Å². The standard InChI is InChI=1S/C9H17N3OS/c1-8(2)5-6(9(3,4)13-8)11-12-7(10)14/h5H2,1-4H3,(H3,10,12,14)/b11-6+. The first kappa shape index (κ1) is 11.4. The second kappa shape index (κ2) is 3.47. The van der Waals surface area contributed by atoms with Crippen LogP contribution in [0.4, 0.5) is 0 Å². The topological polar surface area (TPSA) is 59.6 Å². The van der Waals surface area contributed by atoms with E-state index in [-0.39, 0.29) is 16.3 Å². The Kier molecular flexibility index (Phi) is 2.83. The minimum absolute atomic E-state index is 0.166. The van der Waals surface area contributed by atoms with Crippen molar-refractivity contribution in [2.24, 2.45) is 10.8 Å². The molecule has 0 saturated carbocycles. The Morgan fingerprint density at radius 3 is 2.43 bits per heavy atom. The zero-order chi connectivity index (χ0) is 11.0. The summed E-state index contributed by atoms with van der Waals surface area (Å²) in [5.41, 5.74) is 8.32. The maximum absolute atomic E-state index is 5.83. The molecule has 0 bridgehead atoms. The molecule has 0 aromatic carbocycles. The average Bonchev–Trinajstić information content (AvgIpc) is 2.14. The van der Waals surface area contributed by atoms with E-state index in [1.807, 2.05) is 27.7 Å². The third-order valence-corrected chi connectivity index (χ3v) is 2.21. The Morgan fingerprint density at radius 2 is 2.07 bits per heavy atom. The highest BCUT2D eigenvalue weighted by atomic mass is 32.1. The molecule has 80 valence electrons. The van der Waals surface area contributed by atoms with Crippen LogP contribution in [-0.4, -0.2) is 22.0 Å². The van der Waals surface area contributed by atoms with Crippen molar-refractivity contribution in [3.05, 3.63) is 0 Å². The molecule has 0 aromatic heterocycles. The highest BCUT2D eigenvalue weighted by Gasteiger charge is 2.43. The molecule has 0 aromatic rings. The van der Waals surface area contributed by atoms with Crippen LogP contribution in [0, 0.1) is 0 Å². The Bertz CT molecular complexity index is 284. The molecule has 1 aliphatic heterocycles. The van der Waals surface area contributed by atoms with Gasteiger partial charge in [0.15, 0.2) is 5.11 Å². The fourth-order valence-corrected chi connectivity index (χ4v) is 1.74. The Morgan fingerprint density at radius 1 is 1.50 bits per heavy atom. The predicted molar refractivity (Wildman–Crippen MR) is 61.2 cm³/mol.